The molecule has 0 radical (unpaired) electrons. The first-order valence-electron chi connectivity index (χ1n) is 5.34. The van der Waals surface area contributed by atoms with Crippen LogP contribution in [0.25, 0.3) is 0 Å². The van der Waals surface area contributed by atoms with Gasteiger partial charge in [0.2, 0.25) is 5.91 Å². The van der Waals surface area contributed by atoms with Crippen molar-refractivity contribution in [2.24, 2.45) is 0 Å². The van der Waals surface area contributed by atoms with Gasteiger partial charge >= 0.3 is 0 Å². The minimum atomic E-state index is 0.0300. The van der Waals surface area contributed by atoms with Crippen LogP contribution in [0.5, 0.6) is 11.5 Å². The van der Waals surface area contributed by atoms with Gasteiger partial charge in [0.05, 0.1) is 18.2 Å². The summed E-state index contributed by atoms with van der Waals surface area (Å²) in [4.78, 5) is 11.0. The summed E-state index contributed by atoms with van der Waals surface area (Å²) in [5.74, 6) is 1.56. The minimum Gasteiger partial charge on any atom is -0.497 e. The van der Waals surface area contributed by atoms with Gasteiger partial charge in [0.15, 0.2) is 0 Å². The molecule has 1 N–H and O–H groups in total. The third kappa shape index (κ3) is 4.65. The summed E-state index contributed by atoms with van der Waals surface area (Å²) in [5, 5.41) is 2.57. The molecule has 5 heteroatoms. The molecule has 4 nitrogen and oxygen atoms in total. The molecule has 0 bridgehead atoms. The van der Waals surface area contributed by atoms with Crippen LogP contribution in [0.1, 0.15) is 12.8 Å². The van der Waals surface area contributed by atoms with E-state index in [1.54, 1.807) is 14.2 Å². The van der Waals surface area contributed by atoms with E-state index < -0.39 is 0 Å². The van der Waals surface area contributed by atoms with Gasteiger partial charge in [-0.3, -0.25) is 4.79 Å². The topological polar surface area (TPSA) is 47.6 Å². The first-order chi connectivity index (χ1) is 8.17. The van der Waals surface area contributed by atoms with Crippen molar-refractivity contribution < 1.29 is 14.3 Å². The van der Waals surface area contributed by atoms with Gasteiger partial charge in [-0.05, 0) is 40.5 Å². The van der Waals surface area contributed by atoms with E-state index >= 15 is 0 Å². The fraction of sp³-hybridized carbons (Fsp3) is 0.417. The molecule has 1 rings (SSSR count). The molecule has 1 amide bonds. The number of methoxy groups -OCH3 is 1. The average molecular weight is 302 g/mol. The molecule has 0 heterocycles. The molecule has 0 aliphatic carbocycles. The zero-order chi connectivity index (χ0) is 12.7. The van der Waals surface area contributed by atoms with Crippen molar-refractivity contribution in [3.63, 3.8) is 0 Å². The van der Waals surface area contributed by atoms with Crippen molar-refractivity contribution in [1.82, 2.24) is 5.32 Å². The molecule has 0 saturated carbocycles. The Balaban J connectivity index is 2.39. The van der Waals surface area contributed by atoms with E-state index in [9.17, 15) is 4.79 Å². The predicted octanol–water partition coefficient (Wildman–Crippen LogP) is 2.36. The quantitative estimate of drug-likeness (QED) is 0.821. The number of ether oxygens (including phenoxy) is 2. The number of nitrogens with one attached hydrogen (secondary N) is 1. The second kappa shape index (κ2) is 7.17. The van der Waals surface area contributed by atoms with Crippen molar-refractivity contribution in [3.05, 3.63) is 22.7 Å². The Hall–Kier alpha value is -1.23. The van der Waals surface area contributed by atoms with E-state index in [4.69, 9.17) is 9.47 Å². The Morgan fingerprint density at radius 2 is 2.24 bits per heavy atom. The van der Waals surface area contributed by atoms with Crippen molar-refractivity contribution in [2.75, 3.05) is 20.8 Å². The molecule has 0 unspecified atom stereocenters. The van der Waals surface area contributed by atoms with Crippen LogP contribution < -0.4 is 14.8 Å². The Kier molecular flexibility index (Phi) is 5.83. The number of hydrogen-bond donors (Lipinski definition) is 1. The third-order valence-electron chi connectivity index (χ3n) is 2.22. The molecule has 0 aromatic heterocycles. The van der Waals surface area contributed by atoms with E-state index in [-0.39, 0.29) is 5.91 Å². The largest absolute Gasteiger partial charge is 0.497 e. The van der Waals surface area contributed by atoms with Crippen molar-refractivity contribution >= 4 is 21.8 Å². The molecule has 0 fully saturated rings. The number of carbonyl (C=O) groups is 1. The van der Waals surface area contributed by atoms with Crippen molar-refractivity contribution in [2.45, 2.75) is 12.8 Å². The number of benzene rings is 1. The van der Waals surface area contributed by atoms with E-state index in [0.29, 0.717) is 19.4 Å². The van der Waals surface area contributed by atoms with E-state index in [1.165, 1.54) is 0 Å². The Morgan fingerprint density at radius 3 is 2.82 bits per heavy atom. The predicted molar refractivity (Wildman–Crippen MR) is 69.5 cm³/mol. The maximum absolute atomic E-state index is 11.0. The summed E-state index contributed by atoms with van der Waals surface area (Å²) in [6.07, 6.45) is 1.17. The fourth-order valence-corrected chi connectivity index (χ4v) is 1.74. The summed E-state index contributed by atoms with van der Waals surface area (Å²) < 4.78 is 11.5. The summed E-state index contributed by atoms with van der Waals surface area (Å²) in [6, 6.07) is 5.51. The van der Waals surface area contributed by atoms with Gasteiger partial charge in [0.1, 0.15) is 11.5 Å². The molecule has 0 spiro atoms. The van der Waals surface area contributed by atoms with Gasteiger partial charge in [-0.25, -0.2) is 0 Å². The molecule has 1 aromatic rings. The SMILES string of the molecule is CNC(=O)CCCOc1ccc(OC)cc1Br. The zero-order valence-corrected chi connectivity index (χ0v) is 11.5. The van der Waals surface area contributed by atoms with Crippen molar-refractivity contribution in [3.8, 4) is 11.5 Å². The number of carbonyl (C=O) groups excluding carboxylic acids is 1. The highest BCUT2D eigenvalue weighted by Crippen LogP contribution is 2.29. The Morgan fingerprint density at radius 1 is 1.47 bits per heavy atom. The monoisotopic (exact) mass is 301 g/mol. The number of rotatable bonds is 6. The van der Waals surface area contributed by atoms with Crippen LogP contribution in [0.3, 0.4) is 0 Å². The molecule has 0 atom stereocenters. The van der Waals surface area contributed by atoms with Gasteiger partial charge in [0.25, 0.3) is 0 Å². The maximum Gasteiger partial charge on any atom is 0.219 e. The Bertz CT molecular complexity index is 382. The lowest BCUT2D eigenvalue weighted by molar-refractivity contribution is -0.120. The molecule has 94 valence electrons. The number of halogens is 1. The molecular weight excluding hydrogens is 286 g/mol. The molecule has 1 aromatic carbocycles. The van der Waals surface area contributed by atoms with Crippen LogP contribution in [-0.4, -0.2) is 26.7 Å². The van der Waals surface area contributed by atoms with Crippen LogP contribution in [0.4, 0.5) is 0 Å². The normalized spacial score (nSPS) is 9.82. The molecule has 17 heavy (non-hydrogen) atoms. The van der Waals surface area contributed by atoms with E-state index in [0.717, 1.165) is 16.0 Å². The van der Waals surface area contributed by atoms with Crippen LogP contribution in [0.2, 0.25) is 0 Å². The highest BCUT2D eigenvalue weighted by atomic mass is 79.9. The van der Waals surface area contributed by atoms with Crippen LogP contribution in [0.15, 0.2) is 22.7 Å². The lowest BCUT2D eigenvalue weighted by Crippen LogP contribution is -2.18. The number of hydrogen-bond acceptors (Lipinski definition) is 3. The first kappa shape index (κ1) is 13.8. The van der Waals surface area contributed by atoms with E-state index in [1.807, 2.05) is 18.2 Å². The van der Waals surface area contributed by atoms with E-state index in [2.05, 4.69) is 21.2 Å². The molecule has 0 aliphatic rings. The van der Waals surface area contributed by atoms with Gasteiger partial charge in [-0.1, -0.05) is 0 Å². The van der Waals surface area contributed by atoms with Gasteiger partial charge in [0, 0.05) is 13.5 Å². The smallest absolute Gasteiger partial charge is 0.219 e. The zero-order valence-electron chi connectivity index (χ0n) is 9.96. The fourth-order valence-electron chi connectivity index (χ4n) is 1.27. The maximum atomic E-state index is 11.0. The molecule has 0 aliphatic heterocycles. The van der Waals surface area contributed by atoms with Gasteiger partial charge in [-0.2, -0.15) is 0 Å². The standard InChI is InChI=1S/C12H16BrNO3/c1-14-12(15)4-3-7-17-11-6-5-9(16-2)8-10(11)13/h5-6,8H,3-4,7H2,1-2H3,(H,14,15). The molecule has 0 saturated heterocycles. The lowest BCUT2D eigenvalue weighted by Gasteiger charge is -2.09. The average Bonchev–Trinajstić information content (AvgIpc) is 2.35. The second-order valence-corrected chi connectivity index (χ2v) is 4.28. The highest BCUT2D eigenvalue weighted by molar-refractivity contribution is 9.10. The van der Waals surface area contributed by atoms with Crippen LogP contribution >= 0.6 is 15.9 Å². The Labute approximate surface area is 109 Å². The van der Waals surface area contributed by atoms with Gasteiger partial charge < -0.3 is 14.8 Å². The highest BCUT2D eigenvalue weighted by Gasteiger charge is 2.03. The summed E-state index contributed by atoms with van der Waals surface area (Å²) in [5.41, 5.74) is 0. The first-order valence-corrected chi connectivity index (χ1v) is 6.13. The van der Waals surface area contributed by atoms with Gasteiger partial charge in [-0.15, -0.1) is 0 Å². The van der Waals surface area contributed by atoms with Crippen LogP contribution in [0, 0.1) is 0 Å². The summed E-state index contributed by atoms with van der Waals surface area (Å²) in [6.45, 7) is 0.512. The second-order valence-electron chi connectivity index (χ2n) is 3.42. The summed E-state index contributed by atoms with van der Waals surface area (Å²) in [7, 11) is 3.24. The number of amides is 1. The third-order valence-corrected chi connectivity index (χ3v) is 2.84. The molecular formula is C12H16BrNO3. The van der Waals surface area contributed by atoms with Crippen molar-refractivity contribution in [1.29, 1.82) is 0 Å². The lowest BCUT2D eigenvalue weighted by atomic mass is 10.3. The summed E-state index contributed by atoms with van der Waals surface area (Å²) >= 11 is 3.40. The minimum absolute atomic E-state index is 0.0300. The van der Waals surface area contributed by atoms with Crippen LogP contribution in [-0.2, 0) is 4.79 Å².